The lowest BCUT2D eigenvalue weighted by Crippen LogP contribution is -2.47. The molecule has 0 radical (unpaired) electrons. The molecule has 25 nitrogen and oxygen atoms in total. The van der Waals surface area contributed by atoms with Crippen LogP contribution in [0.1, 0.15) is 174 Å². The van der Waals surface area contributed by atoms with Gasteiger partial charge in [0.15, 0.2) is 0 Å². The summed E-state index contributed by atoms with van der Waals surface area (Å²) in [7, 11) is 0. The first-order valence-corrected chi connectivity index (χ1v) is 29.2. The SMILES string of the molecule is CC(C)COC(=O)CC[C@H](NC(=O)CC[C@H](NC(=O)CC[C@H](NC(=O)CC[C@H](NC(=O)CC[C@H](NC(=O)CC[C@H](N)C(=O)OCC(C)C)C(=O)OCC(C)C)C(=O)OCC(C)C)C(=O)OCC(C)C)C(=O)OCC(C)C)C(=O)OCC(C)C. The topological polar surface area (TPSA) is 356 Å². The number of rotatable bonds is 43. The van der Waals surface area contributed by atoms with E-state index in [2.05, 4.69) is 26.6 Å². The Labute approximate surface area is 490 Å². The van der Waals surface area contributed by atoms with E-state index in [1.807, 2.05) is 41.5 Å². The van der Waals surface area contributed by atoms with E-state index in [0.29, 0.717) is 0 Å². The predicted molar refractivity (Wildman–Crippen MR) is 304 cm³/mol. The van der Waals surface area contributed by atoms with Gasteiger partial charge in [0.05, 0.1) is 46.2 Å². The van der Waals surface area contributed by atoms with E-state index in [4.69, 9.17) is 38.9 Å². The molecule has 0 heterocycles. The van der Waals surface area contributed by atoms with Crippen LogP contribution in [0.3, 0.4) is 0 Å². The van der Waals surface area contributed by atoms with Crippen LogP contribution in [0.4, 0.5) is 0 Å². The fourth-order valence-corrected chi connectivity index (χ4v) is 6.78. The summed E-state index contributed by atoms with van der Waals surface area (Å²) < 4.78 is 37.3. The van der Waals surface area contributed by atoms with Gasteiger partial charge in [0.25, 0.3) is 0 Å². The number of hydrogen-bond acceptors (Lipinski definition) is 20. The van der Waals surface area contributed by atoms with Gasteiger partial charge in [0, 0.05) is 38.5 Å². The third kappa shape index (κ3) is 38.9. The van der Waals surface area contributed by atoms with Crippen LogP contribution in [0, 0.1) is 41.4 Å². The Hall–Kier alpha value is -6.40. The summed E-state index contributed by atoms with van der Waals surface area (Å²) in [6, 6.07) is -7.83. The number of esters is 7. The van der Waals surface area contributed by atoms with Crippen LogP contribution in [0.15, 0.2) is 0 Å². The molecule has 0 unspecified atom stereocenters. The van der Waals surface area contributed by atoms with Gasteiger partial charge in [-0.1, -0.05) is 96.9 Å². The second-order valence-corrected chi connectivity index (χ2v) is 23.7. The first-order chi connectivity index (χ1) is 38.8. The third-order valence-electron chi connectivity index (χ3n) is 11.3. The highest BCUT2D eigenvalue weighted by atomic mass is 16.6. The van der Waals surface area contributed by atoms with Crippen LogP contribution >= 0.6 is 0 Å². The van der Waals surface area contributed by atoms with Crippen LogP contribution in [0.5, 0.6) is 0 Å². The Bertz CT molecular complexity index is 2060. The maximum atomic E-state index is 13.6. The van der Waals surface area contributed by atoms with E-state index in [1.54, 1.807) is 55.4 Å². The summed E-state index contributed by atoms with van der Waals surface area (Å²) >= 11 is 0. The zero-order valence-corrected chi connectivity index (χ0v) is 51.8. The number of carbonyl (C=O) groups excluding carboxylic acids is 12. The van der Waals surface area contributed by atoms with Gasteiger partial charge in [-0.3, -0.25) is 33.6 Å². The zero-order chi connectivity index (χ0) is 63.4. The number of nitrogens with two attached hydrogens (primary N) is 1. The molecular weight excluding hydrogens is 1080 g/mol. The van der Waals surface area contributed by atoms with Crippen molar-refractivity contribution >= 4 is 71.3 Å². The minimum absolute atomic E-state index is 0.0150. The zero-order valence-electron chi connectivity index (χ0n) is 51.8. The lowest BCUT2D eigenvalue weighted by molar-refractivity contribution is -0.151. The van der Waals surface area contributed by atoms with E-state index < -0.39 is 127 Å². The first kappa shape index (κ1) is 76.6. The second kappa shape index (κ2) is 42.4. The van der Waals surface area contributed by atoms with Crippen molar-refractivity contribution in [2.45, 2.75) is 210 Å². The number of carbonyl (C=O) groups is 12. The van der Waals surface area contributed by atoms with Crippen molar-refractivity contribution in [3.05, 3.63) is 0 Å². The molecule has 476 valence electrons. The molecule has 0 aliphatic heterocycles. The molecule has 5 amide bonds. The van der Waals surface area contributed by atoms with Gasteiger partial charge in [0.2, 0.25) is 29.5 Å². The van der Waals surface area contributed by atoms with Crippen molar-refractivity contribution in [1.82, 2.24) is 26.6 Å². The second-order valence-electron chi connectivity index (χ2n) is 23.7. The van der Waals surface area contributed by atoms with Crippen molar-refractivity contribution in [3.8, 4) is 0 Å². The molecule has 0 saturated heterocycles. The highest BCUT2D eigenvalue weighted by Gasteiger charge is 2.32. The smallest absolute Gasteiger partial charge is 0.328 e. The Morgan fingerprint density at radius 1 is 0.265 bits per heavy atom. The summed E-state index contributed by atoms with van der Waals surface area (Å²) in [5, 5.41) is 12.7. The number of hydrogen-bond donors (Lipinski definition) is 6. The minimum Gasteiger partial charge on any atom is -0.465 e. The predicted octanol–water partition coefficient (Wildman–Crippen LogP) is 3.81. The van der Waals surface area contributed by atoms with Gasteiger partial charge < -0.3 is 65.5 Å². The van der Waals surface area contributed by atoms with Gasteiger partial charge >= 0.3 is 41.8 Å². The highest BCUT2D eigenvalue weighted by Crippen LogP contribution is 2.13. The molecule has 0 saturated carbocycles. The first-order valence-electron chi connectivity index (χ1n) is 29.2. The van der Waals surface area contributed by atoms with E-state index in [-0.39, 0.29) is 145 Å². The average Bonchev–Trinajstić information content (AvgIpc) is 3.48. The Morgan fingerprint density at radius 2 is 0.446 bits per heavy atom. The summed E-state index contributed by atoms with van der Waals surface area (Å²) in [6.07, 6.45) is -3.61. The molecule has 0 fully saturated rings. The van der Waals surface area contributed by atoms with Gasteiger partial charge in [0.1, 0.15) is 36.3 Å². The Kier molecular flexibility index (Phi) is 39.1. The quantitative estimate of drug-likeness (QED) is 0.0373. The molecule has 0 aliphatic carbocycles. The van der Waals surface area contributed by atoms with Gasteiger partial charge in [-0.05, 0) is 80.0 Å². The average molecular weight is 1190 g/mol. The molecule has 83 heavy (non-hydrogen) atoms. The van der Waals surface area contributed by atoms with Crippen molar-refractivity contribution in [1.29, 1.82) is 0 Å². The fourth-order valence-electron chi connectivity index (χ4n) is 6.78. The third-order valence-corrected chi connectivity index (χ3v) is 11.3. The van der Waals surface area contributed by atoms with Gasteiger partial charge in [-0.25, -0.2) is 24.0 Å². The van der Waals surface area contributed by atoms with Crippen molar-refractivity contribution in [2.24, 2.45) is 47.2 Å². The molecule has 0 spiro atoms. The van der Waals surface area contributed by atoms with Gasteiger partial charge in [-0.15, -0.1) is 0 Å². The van der Waals surface area contributed by atoms with Crippen LogP contribution in [0.25, 0.3) is 0 Å². The highest BCUT2D eigenvalue weighted by molar-refractivity contribution is 5.90. The molecule has 0 aliphatic rings. The summed E-state index contributed by atoms with van der Waals surface area (Å²) in [5.74, 6) is -9.36. The van der Waals surface area contributed by atoms with Crippen LogP contribution in [-0.2, 0) is 90.7 Å². The maximum absolute atomic E-state index is 13.6. The molecule has 0 aromatic carbocycles. The standard InChI is InChI=1S/C58H100N6O19/c1-34(2)27-77-52(70)26-20-46(58(76)83-33-40(13)14)64-51(69)25-19-45(57(75)82-32-39(11)12)63-50(68)24-18-44(56(74)81-31-38(9)10)62-49(67)23-17-43(55(73)80-30-37(7)8)61-48(66)22-16-42(54(72)79-29-36(5)6)60-47(65)21-15-41(59)53(71)78-28-35(3)4/h34-46H,15-33,59H2,1-14H3,(H,60,65)(H,61,66)(H,62,67)(H,63,68)(H,64,69)/t41-,42-,43-,44-,45-,46-/m0/s1. The molecule has 25 heteroatoms. The van der Waals surface area contributed by atoms with Crippen molar-refractivity contribution < 1.29 is 90.7 Å². The van der Waals surface area contributed by atoms with E-state index >= 15 is 0 Å². The molecule has 7 N–H and O–H groups in total. The van der Waals surface area contributed by atoms with Crippen molar-refractivity contribution in [3.63, 3.8) is 0 Å². The molecular formula is C58H100N6O19. The lowest BCUT2D eigenvalue weighted by atomic mass is 10.1. The summed E-state index contributed by atoms with van der Waals surface area (Å²) in [6.45, 7) is 25.7. The molecule has 6 atom stereocenters. The normalized spacial score (nSPS) is 13.5. The maximum Gasteiger partial charge on any atom is 0.328 e. The van der Waals surface area contributed by atoms with Crippen LogP contribution in [0.2, 0.25) is 0 Å². The Morgan fingerprint density at radius 3 is 0.663 bits per heavy atom. The lowest BCUT2D eigenvalue weighted by Gasteiger charge is -2.22. The summed E-state index contributed by atoms with van der Waals surface area (Å²) in [4.78, 5) is 158. The Balaban J connectivity index is 6.26. The number of amides is 5. The van der Waals surface area contributed by atoms with Gasteiger partial charge in [-0.2, -0.15) is 0 Å². The molecule has 0 bridgehead atoms. The van der Waals surface area contributed by atoms with Crippen LogP contribution < -0.4 is 32.3 Å². The van der Waals surface area contributed by atoms with Crippen molar-refractivity contribution in [2.75, 3.05) is 46.2 Å². The van der Waals surface area contributed by atoms with E-state index in [0.717, 1.165) is 0 Å². The largest absolute Gasteiger partial charge is 0.465 e. The number of ether oxygens (including phenoxy) is 7. The molecule has 0 aromatic heterocycles. The monoisotopic (exact) mass is 1180 g/mol. The van der Waals surface area contributed by atoms with Crippen LogP contribution in [-0.4, -0.2) is 154 Å². The summed E-state index contributed by atoms with van der Waals surface area (Å²) in [5.41, 5.74) is 5.92. The minimum atomic E-state index is -1.42. The number of nitrogens with one attached hydrogen (secondary N) is 5. The molecule has 0 aromatic rings. The fraction of sp³-hybridized carbons (Fsp3) is 0.793. The van der Waals surface area contributed by atoms with E-state index in [9.17, 15) is 57.5 Å². The molecule has 0 rings (SSSR count). The van der Waals surface area contributed by atoms with E-state index in [1.165, 1.54) is 0 Å².